The fraction of sp³-hybridized carbons (Fsp3) is 0.538. The maximum absolute atomic E-state index is 13.9. The molecule has 7 heteroatoms. The number of ether oxygens (including phenoxy) is 2. The summed E-state index contributed by atoms with van der Waals surface area (Å²) in [5, 5.41) is 3.49. The van der Waals surface area contributed by atoms with E-state index in [1.54, 1.807) is 13.3 Å². The van der Waals surface area contributed by atoms with Gasteiger partial charge in [-0.3, -0.25) is 4.79 Å². The molecule has 1 aliphatic carbocycles. The molecule has 1 aromatic carbocycles. The lowest BCUT2D eigenvalue weighted by molar-refractivity contribution is -0.124. The SMILES string of the molecule is COC1CCC(C(=O)N2Cc3cccnc3Nc3ccc(N(C)C4CCOCC4)cc32)CC1. The predicted molar refractivity (Wildman–Crippen MR) is 130 cm³/mol. The predicted octanol–water partition coefficient (Wildman–Crippen LogP) is 4.49. The van der Waals surface area contributed by atoms with E-state index in [2.05, 4.69) is 46.5 Å². The van der Waals surface area contributed by atoms with Crippen molar-refractivity contribution in [3.63, 3.8) is 0 Å². The Hall–Kier alpha value is -2.64. The second-order valence-corrected chi connectivity index (χ2v) is 9.43. The highest BCUT2D eigenvalue weighted by Crippen LogP contribution is 2.40. The summed E-state index contributed by atoms with van der Waals surface area (Å²) in [7, 11) is 3.92. The van der Waals surface area contributed by atoms with Crippen LogP contribution in [0, 0.1) is 5.92 Å². The molecular weight excluding hydrogens is 416 g/mol. The van der Waals surface area contributed by atoms with Crippen LogP contribution in [0.2, 0.25) is 0 Å². The van der Waals surface area contributed by atoms with E-state index in [9.17, 15) is 4.79 Å². The third-order valence-corrected chi connectivity index (χ3v) is 7.51. The van der Waals surface area contributed by atoms with E-state index in [4.69, 9.17) is 9.47 Å². The molecule has 3 aliphatic rings. The van der Waals surface area contributed by atoms with Gasteiger partial charge in [0.2, 0.25) is 5.91 Å². The molecule has 1 amide bonds. The molecule has 0 unspecified atom stereocenters. The quantitative estimate of drug-likeness (QED) is 0.740. The fourth-order valence-electron chi connectivity index (χ4n) is 5.38. The van der Waals surface area contributed by atoms with Gasteiger partial charge in [-0.2, -0.15) is 0 Å². The van der Waals surface area contributed by atoms with Crippen molar-refractivity contribution < 1.29 is 14.3 Å². The first-order valence-corrected chi connectivity index (χ1v) is 12.1. The zero-order valence-corrected chi connectivity index (χ0v) is 19.6. The number of pyridine rings is 1. The molecule has 5 rings (SSSR count). The Bertz CT molecular complexity index is 983. The van der Waals surface area contributed by atoms with Crippen LogP contribution in [0.3, 0.4) is 0 Å². The number of carbonyl (C=O) groups excluding carboxylic acids is 1. The highest BCUT2D eigenvalue weighted by atomic mass is 16.5. The van der Waals surface area contributed by atoms with E-state index in [1.165, 1.54) is 0 Å². The summed E-state index contributed by atoms with van der Waals surface area (Å²) in [6, 6.07) is 10.8. The maximum Gasteiger partial charge on any atom is 0.230 e. The van der Waals surface area contributed by atoms with Gasteiger partial charge >= 0.3 is 0 Å². The molecule has 0 radical (unpaired) electrons. The molecule has 0 bridgehead atoms. The molecule has 33 heavy (non-hydrogen) atoms. The van der Waals surface area contributed by atoms with Gasteiger partial charge in [-0.25, -0.2) is 4.98 Å². The number of fused-ring (bicyclic) bond motifs is 2. The van der Waals surface area contributed by atoms with E-state index < -0.39 is 0 Å². The van der Waals surface area contributed by atoms with Gasteiger partial charge in [-0.1, -0.05) is 6.07 Å². The van der Waals surface area contributed by atoms with Gasteiger partial charge in [0.15, 0.2) is 0 Å². The van der Waals surface area contributed by atoms with Gasteiger partial charge in [-0.05, 0) is 62.8 Å². The lowest BCUT2D eigenvalue weighted by Crippen LogP contribution is -2.39. The molecule has 176 valence electrons. The van der Waals surface area contributed by atoms with Gasteiger partial charge < -0.3 is 24.6 Å². The average molecular weight is 451 g/mol. The number of nitrogens with zero attached hydrogens (tertiary/aromatic N) is 3. The van der Waals surface area contributed by atoms with Crippen LogP contribution in [-0.2, 0) is 20.8 Å². The third kappa shape index (κ3) is 4.57. The summed E-state index contributed by atoms with van der Waals surface area (Å²) in [5.41, 5.74) is 4.02. The topological polar surface area (TPSA) is 66.9 Å². The second-order valence-electron chi connectivity index (χ2n) is 9.43. The van der Waals surface area contributed by atoms with Crippen molar-refractivity contribution in [1.82, 2.24) is 4.98 Å². The Morgan fingerprint density at radius 2 is 1.94 bits per heavy atom. The monoisotopic (exact) mass is 450 g/mol. The van der Waals surface area contributed by atoms with Crippen molar-refractivity contribution in [3.8, 4) is 0 Å². The average Bonchev–Trinajstić information content (AvgIpc) is 3.04. The highest BCUT2D eigenvalue weighted by molar-refractivity contribution is 6.00. The smallest absolute Gasteiger partial charge is 0.230 e. The molecule has 2 aliphatic heterocycles. The lowest BCUT2D eigenvalue weighted by atomic mass is 9.86. The first-order valence-electron chi connectivity index (χ1n) is 12.1. The molecule has 7 nitrogen and oxygen atoms in total. The van der Waals surface area contributed by atoms with Gasteiger partial charge in [0, 0.05) is 56.8 Å². The minimum atomic E-state index is 0.0272. The maximum atomic E-state index is 13.9. The molecule has 1 saturated carbocycles. The number of anilines is 4. The van der Waals surface area contributed by atoms with Crippen LogP contribution in [-0.4, -0.2) is 50.4 Å². The van der Waals surface area contributed by atoms with Crippen LogP contribution >= 0.6 is 0 Å². The van der Waals surface area contributed by atoms with Gasteiger partial charge in [-0.15, -0.1) is 0 Å². The Morgan fingerprint density at radius 1 is 1.15 bits per heavy atom. The minimum Gasteiger partial charge on any atom is -0.381 e. The first kappa shape index (κ1) is 22.2. The number of hydrogen-bond donors (Lipinski definition) is 1. The number of benzene rings is 1. The molecular formula is C26H34N4O3. The molecule has 0 spiro atoms. The normalized spacial score (nSPS) is 23.2. The van der Waals surface area contributed by atoms with Crippen molar-refractivity contribution in [2.75, 3.05) is 42.5 Å². The standard InChI is InChI=1S/C26H34N4O3/c1-29(20-11-14-33-15-12-20)21-7-10-23-24(16-21)30(17-19-4-3-13-27-25(19)28-23)26(31)18-5-8-22(32-2)9-6-18/h3-4,7,10,13,16,18,20,22H,5-6,8-9,11-12,14-15,17H2,1-2H3,(H,27,28). The number of amides is 1. The summed E-state index contributed by atoms with van der Waals surface area (Å²) in [5.74, 6) is 1.05. The van der Waals surface area contributed by atoms with E-state index in [1.807, 2.05) is 11.0 Å². The van der Waals surface area contributed by atoms with Crippen molar-refractivity contribution in [3.05, 3.63) is 42.1 Å². The fourth-order valence-corrected chi connectivity index (χ4v) is 5.38. The molecule has 1 aromatic heterocycles. The first-order chi connectivity index (χ1) is 16.1. The van der Waals surface area contributed by atoms with E-state index in [0.717, 1.165) is 80.2 Å². The molecule has 0 atom stereocenters. The molecule has 3 heterocycles. The van der Waals surface area contributed by atoms with E-state index >= 15 is 0 Å². The molecule has 1 N–H and O–H groups in total. The Kier molecular flexibility index (Phi) is 6.51. The highest BCUT2D eigenvalue weighted by Gasteiger charge is 2.33. The number of methoxy groups -OCH3 is 1. The summed E-state index contributed by atoms with van der Waals surface area (Å²) < 4.78 is 11.1. The van der Waals surface area contributed by atoms with Crippen molar-refractivity contribution in [2.24, 2.45) is 5.92 Å². The molecule has 1 saturated heterocycles. The summed E-state index contributed by atoms with van der Waals surface area (Å²) >= 11 is 0. The Balaban J connectivity index is 1.47. The number of carbonyl (C=O) groups is 1. The second kappa shape index (κ2) is 9.69. The zero-order chi connectivity index (χ0) is 22.8. The van der Waals surface area contributed by atoms with E-state index in [0.29, 0.717) is 12.6 Å². The van der Waals surface area contributed by atoms with Gasteiger partial charge in [0.05, 0.1) is 24.0 Å². The van der Waals surface area contributed by atoms with Crippen LogP contribution in [0.15, 0.2) is 36.5 Å². The van der Waals surface area contributed by atoms with Gasteiger partial charge in [0.1, 0.15) is 5.82 Å². The number of nitrogens with one attached hydrogen (secondary N) is 1. The largest absolute Gasteiger partial charge is 0.381 e. The third-order valence-electron chi connectivity index (χ3n) is 7.51. The van der Waals surface area contributed by atoms with Crippen LogP contribution in [0.1, 0.15) is 44.1 Å². The van der Waals surface area contributed by atoms with Crippen LogP contribution in [0.5, 0.6) is 0 Å². The summed E-state index contributed by atoms with van der Waals surface area (Å²) in [4.78, 5) is 22.7. The summed E-state index contributed by atoms with van der Waals surface area (Å²) in [6.45, 7) is 2.13. The Morgan fingerprint density at radius 3 is 2.70 bits per heavy atom. The summed E-state index contributed by atoms with van der Waals surface area (Å²) in [6.07, 6.45) is 7.74. The van der Waals surface area contributed by atoms with Crippen LogP contribution in [0.25, 0.3) is 0 Å². The number of hydrogen-bond acceptors (Lipinski definition) is 6. The number of aromatic nitrogens is 1. The zero-order valence-electron chi connectivity index (χ0n) is 19.6. The van der Waals surface area contributed by atoms with Crippen molar-refractivity contribution in [2.45, 2.75) is 57.2 Å². The molecule has 2 fully saturated rings. The van der Waals surface area contributed by atoms with Crippen LogP contribution in [0.4, 0.5) is 22.9 Å². The molecule has 2 aromatic rings. The van der Waals surface area contributed by atoms with Crippen molar-refractivity contribution >= 4 is 28.8 Å². The van der Waals surface area contributed by atoms with E-state index in [-0.39, 0.29) is 17.9 Å². The Labute approximate surface area is 196 Å². The van der Waals surface area contributed by atoms with Gasteiger partial charge in [0.25, 0.3) is 0 Å². The lowest BCUT2D eigenvalue weighted by Gasteiger charge is -2.35. The van der Waals surface area contributed by atoms with Crippen molar-refractivity contribution in [1.29, 1.82) is 0 Å². The van der Waals surface area contributed by atoms with Crippen LogP contribution < -0.4 is 15.1 Å². The number of rotatable bonds is 4. The minimum absolute atomic E-state index is 0.0272.